The van der Waals surface area contributed by atoms with Crippen LogP contribution in [0.5, 0.6) is 0 Å². The minimum atomic E-state index is -1.14. The van der Waals surface area contributed by atoms with Crippen LogP contribution >= 0.6 is 0 Å². The fraction of sp³-hybridized carbons (Fsp3) is 0.602. The van der Waals surface area contributed by atoms with E-state index in [9.17, 15) is 57.8 Å². The zero-order valence-electron chi connectivity index (χ0n) is 77.2. The van der Waals surface area contributed by atoms with Gasteiger partial charge in [-0.1, -0.05) is 180 Å². The van der Waals surface area contributed by atoms with E-state index in [4.69, 9.17) is 38.9 Å². The molecule has 4 aromatic carbocycles. The number of nitrogens with two attached hydrogens (primary N) is 1. The Morgan fingerprint density at radius 3 is 1.86 bits per heavy atom. The average Bonchev–Trinajstić information content (AvgIpc) is 1.62. The summed E-state index contributed by atoms with van der Waals surface area (Å²) in [5, 5.41) is 39.8. The first-order valence-electron chi connectivity index (χ1n) is 44.4. The van der Waals surface area contributed by atoms with Crippen LogP contribution in [0.15, 0.2) is 103 Å². The van der Waals surface area contributed by atoms with Crippen molar-refractivity contribution in [2.75, 3.05) is 111 Å². The molecule has 0 radical (unpaired) electrons. The molecule has 3 heterocycles. The molecule has 1 fully saturated rings. The standard InChI is InChI=1S/C93H139N15O19/c1-18-61(8)82(73(121-16)54-77(112)106-45-27-35-72(106)85(122-17)62(9)86(114)97-63(10)84(113)65-28-20-19-21-29-65)104(14)90(118)79(59(4)5)101-89(117)81(60(6)7)105(15)92(120)127-56-64-36-38-67(39-37-64)98-87(115)70(33-26-43-96-91(94)119)99-88(116)78(58(2)3)100-75(110)42-46-123-48-50-125-52-53-126-51-49-124-47-44-95-74(109)40-41-76(111)107-55-66-30-22-23-31-68(66)80-83(69-32-24-25-34-71(69)107)108(103-102-80)57-93(11,12)13/h19-25,28-32,34,36-39,58-63,70,72-73,78-79,81-82,84-85,113H,18,26-27,33,35,40-57H2,1-17H3,(H,95,109)(H,97,114)(H,98,115)(H,99,116)(H,100,110)(H,101,117)(H3,94,96,119)/t61-,62+,63+,70-,72-,73+,78-,79-,81-,82-,84+,85+/m0/s1. The van der Waals surface area contributed by atoms with Crippen LogP contribution in [0.25, 0.3) is 22.5 Å². The number of aliphatic hydroxyl groups is 1. The van der Waals surface area contributed by atoms with Crippen LogP contribution in [0.2, 0.25) is 0 Å². The van der Waals surface area contributed by atoms with E-state index in [2.05, 4.69) is 68.3 Å². The summed E-state index contributed by atoms with van der Waals surface area (Å²) in [5.41, 5.74) is 11.7. The average molecular weight is 1770 g/mol. The van der Waals surface area contributed by atoms with Crippen molar-refractivity contribution < 1.29 is 91.0 Å². The van der Waals surface area contributed by atoms with Gasteiger partial charge in [0, 0.05) is 90.6 Å². The van der Waals surface area contributed by atoms with Gasteiger partial charge in [0.15, 0.2) is 0 Å². The lowest BCUT2D eigenvalue weighted by molar-refractivity contribution is -0.148. The van der Waals surface area contributed by atoms with Gasteiger partial charge in [0.1, 0.15) is 36.5 Å². The molecule has 1 aromatic heterocycles. The minimum absolute atomic E-state index is 0.000919. The van der Waals surface area contributed by atoms with Crippen LogP contribution in [0.4, 0.5) is 21.0 Å². The number of likely N-dealkylation sites (N-methyl/N-ethyl adjacent to an activating group) is 2. The van der Waals surface area contributed by atoms with Gasteiger partial charge in [-0.25, -0.2) is 14.3 Å². The molecule has 1 saturated heterocycles. The van der Waals surface area contributed by atoms with E-state index in [-0.39, 0.29) is 146 Å². The number of likely N-dealkylation sites (tertiary alicyclic amines) is 1. The molecule has 34 nitrogen and oxygen atoms in total. The zero-order chi connectivity index (χ0) is 93.2. The van der Waals surface area contributed by atoms with Crippen molar-refractivity contribution in [3.63, 3.8) is 0 Å². The summed E-state index contributed by atoms with van der Waals surface area (Å²) >= 11 is 0. The van der Waals surface area contributed by atoms with E-state index >= 15 is 0 Å². The maximum Gasteiger partial charge on any atom is 0.410 e. The molecule has 10 N–H and O–H groups in total. The minimum Gasteiger partial charge on any atom is -0.445 e. The Morgan fingerprint density at radius 2 is 1.24 bits per heavy atom. The first kappa shape index (κ1) is 104. The molecule has 12 amide bonds. The summed E-state index contributed by atoms with van der Waals surface area (Å²) in [6.07, 6.45) is -1.25. The second-order valence-electron chi connectivity index (χ2n) is 35.0. The molecule has 127 heavy (non-hydrogen) atoms. The number of rotatable bonds is 51. The van der Waals surface area contributed by atoms with Crippen molar-refractivity contribution in [3.05, 3.63) is 120 Å². The summed E-state index contributed by atoms with van der Waals surface area (Å²) in [4.78, 5) is 157. The van der Waals surface area contributed by atoms with Gasteiger partial charge in [0.2, 0.25) is 53.2 Å². The quantitative estimate of drug-likeness (QED) is 0.0165. The molecule has 0 spiro atoms. The molecule has 2 aliphatic rings. The van der Waals surface area contributed by atoms with Crippen LogP contribution in [0, 0.1) is 35.0 Å². The SMILES string of the molecule is CC[C@H](C)[C@@H]([C@@H](CC(=O)N1CCC[C@H]1[C@H](OC)[C@@H](C)C(=O)N[C@H](C)[C@@H](O)c1ccccc1)OC)N(C)C(=O)[C@@H](NC(=O)[C@H](C(C)C)N(C)C(=O)OCc1ccc(NC(=O)[C@H](CCCNC(N)=O)NC(=O)[C@@H](NC(=O)CCOCCOCCOCCOCCNC(=O)CCC(=O)N2Cc3ccccc3-c3nnn(CC(C)(C)C)c3-c3ccccc32)C(C)C)cc1)C(C)C. The second-order valence-corrected chi connectivity index (χ2v) is 35.0. The third-order valence-corrected chi connectivity index (χ3v) is 23.0. The summed E-state index contributed by atoms with van der Waals surface area (Å²) in [6, 6.07) is 24.2. The van der Waals surface area contributed by atoms with Crippen molar-refractivity contribution in [2.45, 2.75) is 228 Å². The number of benzene rings is 4. The Morgan fingerprint density at radius 1 is 0.622 bits per heavy atom. The van der Waals surface area contributed by atoms with Crippen molar-refractivity contribution in [2.24, 2.45) is 40.7 Å². The van der Waals surface area contributed by atoms with Gasteiger partial charge in [0.25, 0.3) is 0 Å². The maximum atomic E-state index is 14.9. The molecule has 12 atom stereocenters. The Labute approximate surface area is 747 Å². The number of ether oxygens (including phenoxy) is 7. The number of hydrogen-bond acceptors (Lipinski definition) is 21. The first-order valence-corrected chi connectivity index (χ1v) is 44.4. The number of nitrogens with one attached hydrogen (secondary N) is 7. The van der Waals surface area contributed by atoms with Gasteiger partial charge in [0.05, 0.1) is 120 Å². The number of para-hydroxylation sites is 1. The molecule has 2 aliphatic heterocycles. The van der Waals surface area contributed by atoms with Crippen molar-refractivity contribution in [3.8, 4) is 22.5 Å². The first-order chi connectivity index (χ1) is 60.5. The number of anilines is 2. The zero-order valence-corrected chi connectivity index (χ0v) is 77.2. The Bertz CT molecular complexity index is 4370. The molecule has 700 valence electrons. The molecule has 5 aromatic rings. The monoisotopic (exact) mass is 1770 g/mol. The molecular formula is C93H139N15O19. The smallest absolute Gasteiger partial charge is 0.410 e. The van der Waals surface area contributed by atoms with Gasteiger partial charge in [-0.15, -0.1) is 5.10 Å². The van der Waals surface area contributed by atoms with Gasteiger partial charge in [-0.3, -0.25) is 48.1 Å². The highest BCUT2D eigenvalue weighted by atomic mass is 16.6. The molecule has 34 heteroatoms. The van der Waals surface area contributed by atoms with Gasteiger partial charge < -0.3 is 95.9 Å². The highest BCUT2D eigenvalue weighted by Gasteiger charge is 2.45. The number of primary amides is 1. The van der Waals surface area contributed by atoms with Crippen LogP contribution in [0.1, 0.15) is 171 Å². The second kappa shape index (κ2) is 51.5. The number of carbonyl (C=O) groups excluding carboxylic acids is 11. The summed E-state index contributed by atoms with van der Waals surface area (Å²) < 4.78 is 42.3. The van der Waals surface area contributed by atoms with Crippen molar-refractivity contribution in [1.82, 2.24) is 61.6 Å². The lowest BCUT2D eigenvalue weighted by Gasteiger charge is -2.41. The number of fused-ring (bicyclic) bond motifs is 5. The maximum absolute atomic E-state index is 14.9. The van der Waals surface area contributed by atoms with Crippen LogP contribution in [-0.4, -0.2) is 255 Å². The molecule has 0 bridgehead atoms. The number of methoxy groups -OCH3 is 2. The topological polar surface area (TPSA) is 427 Å². The van der Waals surface area contributed by atoms with Crippen LogP contribution < -0.4 is 47.9 Å². The third-order valence-electron chi connectivity index (χ3n) is 23.0. The lowest BCUT2D eigenvalue weighted by atomic mass is 9.89. The summed E-state index contributed by atoms with van der Waals surface area (Å²) in [5.74, 6) is -5.93. The molecule has 0 unspecified atom stereocenters. The highest BCUT2D eigenvalue weighted by molar-refractivity contribution is 6.02. The fourth-order valence-corrected chi connectivity index (χ4v) is 15.9. The van der Waals surface area contributed by atoms with E-state index in [1.165, 1.54) is 26.2 Å². The van der Waals surface area contributed by atoms with Crippen LogP contribution in [-0.2, 0) is 96.0 Å². The van der Waals surface area contributed by atoms with Gasteiger partial charge >= 0.3 is 12.1 Å². The Kier molecular flexibility index (Phi) is 42.0. The number of urea groups is 1. The van der Waals surface area contributed by atoms with E-state index < -0.39 is 126 Å². The van der Waals surface area contributed by atoms with E-state index in [1.807, 2.05) is 85.3 Å². The fourth-order valence-electron chi connectivity index (χ4n) is 15.9. The Hall–Kier alpha value is -10.5. The number of hydrogen-bond donors (Lipinski definition) is 9. The molecular weight excluding hydrogens is 1630 g/mol. The predicted octanol–water partition coefficient (Wildman–Crippen LogP) is 8.46. The molecule has 0 aliphatic carbocycles. The summed E-state index contributed by atoms with van der Waals surface area (Å²) in [6.45, 7) is 27.7. The van der Waals surface area contributed by atoms with E-state index in [1.54, 1.807) is 114 Å². The number of amides is 12. The van der Waals surface area contributed by atoms with Gasteiger partial charge in [-0.05, 0) is 96.6 Å². The number of aliphatic hydroxyl groups excluding tert-OH is 1. The van der Waals surface area contributed by atoms with Crippen molar-refractivity contribution in [1.29, 1.82) is 0 Å². The largest absolute Gasteiger partial charge is 0.445 e. The number of nitrogens with zero attached hydrogens (tertiary/aromatic N) is 7. The van der Waals surface area contributed by atoms with Crippen molar-refractivity contribution >= 4 is 76.7 Å². The molecule has 7 rings (SSSR count). The normalized spacial score (nSPS) is 15.8. The lowest BCUT2D eigenvalue weighted by Crippen LogP contribution is -2.60. The summed E-state index contributed by atoms with van der Waals surface area (Å²) in [7, 11) is 6.08. The third kappa shape index (κ3) is 31.2. The number of carbonyl (C=O) groups is 11. The predicted molar refractivity (Wildman–Crippen MR) is 481 cm³/mol. The highest BCUT2D eigenvalue weighted by Crippen LogP contribution is 2.42. The number of aromatic nitrogens is 3. The van der Waals surface area contributed by atoms with Gasteiger partial charge in [-0.2, -0.15) is 0 Å². The molecule has 0 saturated carbocycles. The van der Waals surface area contributed by atoms with E-state index in [0.717, 1.165) is 33.8 Å². The Balaban J connectivity index is 0.798. The van der Waals surface area contributed by atoms with Crippen LogP contribution in [0.3, 0.4) is 0 Å². The van der Waals surface area contributed by atoms with E-state index in [0.29, 0.717) is 55.7 Å².